The van der Waals surface area contributed by atoms with Crippen LogP contribution in [0.1, 0.15) is 0 Å². The molecule has 0 aliphatic carbocycles. The Bertz CT molecular complexity index is 484. The number of nitrogens with zero attached hydrogens (tertiary/aromatic N) is 3. The summed E-state index contributed by atoms with van der Waals surface area (Å²) in [7, 11) is 0. The average molecular weight is 305 g/mol. The van der Waals surface area contributed by atoms with Crippen LogP contribution in [-0.4, -0.2) is 15.0 Å². The smallest absolute Gasteiger partial charge is 0.164 e. The van der Waals surface area contributed by atoms with Crippen LogP contribution in [0.4, 0.5) is 0 Å². The maximum Gasteiger partial charge on any atom is 0.164 e. The van der Waals surface area contributed by atoms with Gasteiger partial charge >= 0.3 is 0 Å². The van der Waals surface area contributed by atoms with Gasteiger partial charge in [0.25, 0.3) is 0 Å². The minimum Gasteiger partial charge on any atom is -0.263 e. The third-order valence-corrected chi connectivity index (χ3v) is 2.45. The van der Waals surface area contributed by atoms with Crippen LogP contribution in [0.3, 0.4) is 0 Å². The predicted molar refractivity (Wildman–Crippen MR) is 63.0 cm³/mol. The van der Waals surface area contributed by atoms with E-state index in [9.17, 15) is 0 Å². The number of hydrogen-bond acceptors (Lipinski definition) is 3. The summed E-state index contributed by atoms with van der Waals surface area (Å²) in [6, 6.07) is 3.33. The van der Waals surface area contributed by atoms with Crippen molar-refractivity contribution >= 4 is 39.1 Å². The Labute approximate surface area is 105 Å². The second-order valence-electron chi connectivity index (χ2n) is 2.73. The Morgan fingerprint density at radius 1 is 1.00 bits per heavy atom. The van der Waals surface area contributed by atoms with Crippen molar-refractivity contribution in [2.45, 2.75) is 0 Å². The molecule has 2 aromatic heterocycles. The van der Waals surface area contributed by atoms with Gasteiger partial charge in [0.15, 0.2) is 5.82 Å². The maximum atomic E-state index is 5.77. The number of hydrogen-bond donors (Lipinski definition) is 0. The normalized spacial score (nSPS) is 10.3. The molecule has 0 amide bonds. The first-order valence-corrected chi connectivity index (χ1v) is 5.51. The topological polar surface area (TPSA) is 38.7 Å². The fourth-order valence-corrected chi connectivity index (χ4v) is 1.84. The molecule has 0 atom stereocenters. The van der Waals surface area contributed by atoms with Crippen LogP contribution in [0.2, 0.25) is 10.3 Å². The van der Waals surface area contributed by atoms with Crippen LogP contribution in [-0.2, 0) is 0 Å². The molecule has 0 aromatic carbocycles. The zero-order valence-corrected chi connectivity index (χ0v) is 10.4. The van der Waals surface area contributed by atoms with E-state index in [1.54, 1.807) is 12.4 Å². The molecular weight excluding hydrogens is 301 g/mol. The first-order valence-electron chi connectivity index (χ1n) is 3.96. The van der Waals surface area contributed by atoms with Crippen LogP contribution >= 0.6 is 39.1 Å². The molecule has 0 aliphatic rings. The first kappa shape index (κ1) is 10.8. The van der Waals surface area contributed by atoms with Gasteiger partial charge in [-0.2, -0.15) is 0 Å². The fourth-order valence-electron chi connectivity index (χ4n) is 1.05. The molecule has 0 bridgehead atoms. The second-order valence-corrected chi connectivity index (χ2v) is 4.42. The summed E-state index contributed by atoms with van der Waals surface area (Å²) in [6.45, 7) is 0. The van der Waals surface area contributed by atoms with Gasteiger partial charge in [-0.3, -0.25) is 4.98 Å². The van der Waals surface area contributed by atoms with Crippen molar-refractivity contribution in [2.24, 2.45) is 0 Å². The van der Waals surface area contributed by atoms with E-state index in [-0.39, 0.29) is 0 Å². The Morgan fingerprint density at radius 2 is 1.67 bits per heavy atom. The van der Waals surface area contributed by atoms with Crippen LogP contribution in [0.25, 0.3) is 11.4 Å². The lowest BCUT2D eigenvalue weighted by Gasteiger charge is -2.01. The van der Waals surface area contributed by atoms with Gasteiger partial charge in [-0.25, -0.2) is 9.97 Å². The lowest BCUT2D eigenvalue weighted by atomic mass is 10.3. The lowest BCUT2D eigenvalue weighted by Crippen LogP contribution is -1.90. The Hall–Kier alpha value is -0.710. The second kappa shape index (κ2) is 4.43. The van der Waals surface area contributed by atoms with Gasteiger partial charge in [0, 0.05) is 28.5 Å². The lowest BCUT2D eigenvalue weighted by molar-refractivity contribution is 1.16. The third-order valence-electron chi connectivity index (χ3n) is 1.63. The molecule has 0 fully saturated rings. The van der Waals surface area contributed by atoms with Gasteiger partial charge in [0.2, 0.25) is 0 Å². The molecule has 0 unspecified atom stereocenters. The zero-order chi connectivity index (χ0) is 10.8. The van der Waals surface area contributed by atoms with Gasteiger partial charge in [-0.05, 0) is 22.0 Å². The summed E-state index contributed by atoms with van der Waals surface area (Å²) in [5.74, 6) is 0.460. The summed E-state index contributed by atoms with van der Waals surface area (Å²) in [5, 5.41) is 0.620. The fraction of sp³-hybridized carbons (Fsp3) is 0. The molecule has 0 saturated heterocycles. The molecule has 6 heteroatoms. The van der Waals surface area contributed by atoms with Gasteiger partial charge in [-0.15, -0.1) is 0 Å². The number of rotatable bonds is 1. The van der Waals surface area contributed by atoms with E-state index in [1.165, 1.54) is 6.07 Å². The van der Waals surface area contributed by atoms with E-state index in [2.05, 4.69) is 30.9 Å². The molecule has 0 spiro atoms. The quantitative estimate of drug-likeness (QED) is 0.756. The molecule has 0 saturated carbocycles. The maximum absolute atomic E-state index is 5.77. The number of halogens is 3. The molecule has 3 nitrogen and oxygen atoms in total. The van der Waals surface area contributed by atoms with E-state index in [1.807, 2.05) is 6.07 Å². The highest BCUT2D eigenvalue weighted by Crippen LogP contribution is 2.21. The molecule has 76 valence electrons. The minimum atomic E-state index is 0.310. The summed E-state index contributed by atoms with van der Waals surface area (Å²) < 4.78 is 0.847. The predicted octanol–water partition coefficient (Wildman–Crippen LogP) is 3.61. The first-order chi connectivity index (χ1) is 7.15. The van der Waals surface area contributed by atoms with Gasteiger partial charge < -0.3 is 0 Å². The largest absolute Gasteiger partial charge is 0.263 e. The van der Waals surface area contributed by atoms with Crippen molar-refractivity contribution < 1.29 is 0 Å². The van der Waals surface area contributed by atoms with Crippen LogP contribution in [0.15, 0.2) is 29.0 Å². The highest BCUT2D eigenvalue weighted by molar-refractivity contribution is 9.10. The van der Waals surface area contributed by atoms with E-state index >= 15 is 0 Å². The van der Waals surface area contributed by atoms with E-state index in [0.717, 1.165) is 10.0 Å². The standard InChI is InChI=1S/C9H4BrCl2N3/c10-6-1-5(3-13-4-6)9-14-7(11)2-8(12)15-9/h1-4H. The SMILES string of the molecule is Clc1cc(Cl)nc(-c2cncc(Br)c2)n1. The highest BCUT2D eigenvalue weighted by Gasteiger charge is 2.05. The van der Waals surface area contributed by atoms with E-state index < -0.39 is 0 Å². The van der Waals surface area contributed by atoms with Crippen LogP contribution < -0.4 is 0 Å². The van der Waals surface area contributed by atoms with Crippen molar-refractivity contribution in [3.63, 3.8) is 0 Å². The number of pyridine rings is 1. The van der Waals surface area contributed by atoms with E-state index in [4.69, 9.17) is 23.2 Å². The van der Waals surface area contributed by atoms with Crippen molar-refractivity contribution in [3.05, 3.63) is 39.3 Å². The van der Waals surface area contributed by atoms with Crippen molar-refractivity contribution in [3.8, 4) is 11.4 Å². The monoisotopic (exact) mass is 303 g/mol. The van der Waals surface area contributed by atoms with Crippen LogP contribution in [0, 0.1) is 0 Å². The molecule has 2 aromatic rings. The van der Waals surface area contributed by atoms with Gasteiger partial charge in [-0.1, -0.05) is 23.2 Å². The van der Waals surface area contributed by atoms with Crippen molar-refractivity contribution in [1.82, 2.24) is 15.0 Å². The summed E-state index contributed by atoms with van der Waals surface area (Å²) in [6.07, 6.45) is 3.32. The Balaban J connectivity index is 2.54. The number of aromatic nitrogens is 3. The molecule has 0 N–H and O–H groups in total. The van der Waals surface area contributed by atoms with Crippen molar-refractivity contribution in [1.29, 1.82) is 0 Å². The summed E-state index contributed by atoms with van der Waals surface area (Å²) >= 11 is 14.9. The Kier molecular flexibility index (Phi) is 3.19. The molecule has 2 rings (SSSR count). The summed E-state index contributed by atoms with van der Waals surface area (Å²) in [4.78, 5) is 12.1. The highest BCUT2D eigenvalue weighted by atomic mass is 79.9. The minimum absolute atomic E-state index is 0.310. The average Bonchev–Trinajstić information content (AvgIpc) is 2.16. The Morgan fingerprint density at radius 3 is 2.27 bits per heavy atom. The van der Waals surface area contributed by atoms with Gasteiger partial charge in [0.05, 0.1) is 0 Å². The zero-order valence-electron chi connectivity index (χ0n) is 7.28. The van der Waals surface area contributed by atoms with Crippen molar-refractivity contribution in [2.75, 3.05) is 0 Å². The third kappa shape index (κ3) is 2.65. The molecular formula is C9H4BrCl2N3. The molecule has 15 heavy (non-hydrogen) atoms. The van der Waals surface area contributed by atoms with E-state index in [0.29, 0.717) is 16.1 Å². The molecule has 0 radical (unpaired) electrons. The molecule has 0 aliphatic heterocycles. The van der Waals surface area contributed by atoms with Crippen LogP contribution in [0.5, 0.6) is 0 Å². The molecule has 2 heterocycles. The van der Waals surface area contributed by atoms with Gasteiger partial charge in [0.1, 0.15) is 10.3 Å². The summed E-state index contributed by atoms with van der Waals surface area (Å²) in [5.41, 5.74) is 0.758.